The van der Waals surface area contributed by atoms with E-state index in [2.05, 4.69) is 10.6 Å². The normalized spacial score (nSPS) is 10.2. The van der Waals surface area contributed by atoms with Crippen molar-refractivity contribution >= 4 is 17.8 Å². The van der Waals surface area contributed by atoms with E-state index < -0.39 is 0 Å². The molecule has 4 N–H and O–H groups in total. The third kappa shape index (κ3) is 15.3. The minimum Gasteiger partial charge on any atom is -0.466 e. The largest absolute Gasteiger partial charge is 0.466 e. The van der Waals surface area contributed by atoms with E-state index >= 15 is 0 Å². The van der Waals surface area contributed by atoms with Gasteiger partial charge in [0, 0.05) is 32.4 Å². The molecule has 0 atom stereocenters. The molecule has 0 radical (unpaired) electrons. The molecule has 0 rings (SSSR count). The second kappa shape index (κ2) is 16.2. The van der Waals surface area contributed by atoms with Crippen LogP contribution in [0.1, 0.15) is 64.7 Å². The van der Waals surface area contributed by atoms with Gasteiger partial charge in [-0.2, -0.15) is 0 Å². The Kier molecular flexibility index (Phi) is 15.1. The topological polar surface area (TPSA) is 111 Å². The van der Waals surface area contributed by atoms with E-state index in [0.29, 0.717) is 45.5 Å². The lowest BCUT2D eigenvalue weighted by Gasteiger charge is -2.06. The lowest BCUT2D eigenvalue weighted by atomic mass is 10.2. The van der Waals surface area contributed by atoms with Gasteiger partial charge < -0.3 is 21.1 Å². The second-order valence-corrected chi connectivity index (χ2v) is 5.66. The molecular formula is C17H33N3O4. The Balaban J connectivity index is 3.38. The Morgan fingerprint density at radius 2 is 1.29 bits per heavy atom. The van der Waals surface area contributed by atoms with Crippen molar-refractivity contribution < 1.29 is 19.1 Å². The number of unbranched alkanes of at least 4 members (excludes halogenated alkanes) is 3. The van der Waals surface area contributed by atoms with Crippen LogP contribution in [-0.4, -0.2) is 44.0 Å². The van der Waals surface area contributed by atoms with E-state index in [1.54, 1.807) is 6.92 Å². The SMILES string of the molecule is CCOC(=O)CCCCNC(=O)CCCCNC(=O)CCCCN. The molecule has 0 aromatic heterocycles. The van der Waals surface area contributed by atoms with E-state index in [1.807, 2.05) is 0 Å². The predicted octanol–water partition coefficient (Wildman–Crippen LogP) is 1.25. The number of carbonyl (C=O) groups is 3. The maximum absolute atomic E-state index is 11.6. The number of nitrogens with two attached hydrogens (primary N) is 1. The van der Waals surface area contributed by atoms with Crippen molar-refractivity contribution in [2.75, 3.05) is 26.2 Å². The summed E-state index contributed by atoms with van der Waals surface area (Å²) in [6, 6.07) is 0. The maximum atomic E-state index is 11.6. The highest BCUT2D eigenvalue weighted by atomic mass is 16.5. The molecular weight excluding hydrogens is 310 g/mol. The van der Waals surface area contributed by atoms with Crippen LogP contribution in [0, 0.1) is 0 Å². The molecule has 140 valence electrons. The number of hydrogen-bond donors (Lipinski definition) is 3. The van der Waals surface area contributed by atoms with E-state index in [0.717, 1.165) is 38.5 Å². The molecule has 0 aromatic rings. The number of hydrogen-bond acceptors (Lipinski definition) is 5. The number of ether oxygens (including phenoxy) is 1. The first kappa shape index (κ1) is 22.4. The van der Waals surface area contributed by atoms with Crippen LogP contribution in [0.3, 0.4) is 0 Å². The maximum Gasteiger partial charge on any atom is 0.305 e. The number of nitrogens with one attached hydrogen (secondary N) is 2. The quantitative estimate of drug-likeness (QED) is 0.306. The fraction of sp³-hybridized carbons (Fsp3) is 0.824. The summed E-state index contributed by atoms with van der Waals surface area (Å²) in [7, 11) is 0. The number of rotatable bonds is 15. The van der Waals surface area contributed by atoms with Crippen LogP contribution in [0.15, 0.2) is 0 Å². The van der Waals surface area contributed by atoms with Gasteiger partial charge in [-0.3, -0.25) is 14.4 Å². The minimum absolute atomic E-state index is 0.0143. The molecule has 0 spiro atoms. The smallest absolute Gasteiger partial charge is 0.305 e. The monoisotopic (exact) mass is 343 g/mol. The lowest BCUT2D eigenvalue weighted by Crippen LogP contribution is -2.26. The molecule has 7 heteroatoms. The van der Waals surface area contributed by atoms with E-state index in [9.17, 15) is 14.4 Å². The van der Waals surface area contributed by atoms with Gasteiger partial charge in [0.1, 0.15) is 0 Å². The first-order valence-corrected chi connectivity index (χ1v) is 8.99. The van der Waals surface area contributed by atoms with Crippen LogP contribution in [0.25, 0.3) is 0 Å². The lowest BCUT2D eigenvalue weighted by molar-refractivity contribution is -0.143. The molecule has 0 saturated heterocycles. The van der Waals surface area contributed by atoms with Gasteiger partial charge in [-0.25, -0.2) is 0 Å². The molecule has 0 unspecified atom stereocenters. The summed E-state index contributed by atoms with van der Waals surface area (Å²) < 4.78 is 4.83. The van der Waals surface area contributed by atoms with Gasteiger partial charge in [0.15, 0.2) is 0 Å². The molecule has 0 bridgehead atoms. The molecule has 0 aliphatic heterocycles. The second-order valence-electron chi connectivity index (χ2n) is 5.66. The average molecular weight is 343 g/mol. The molecule has 0 heterocycles. The van der Waals surface area contributed by atoms with E-state index in [-0.39, 0.29) is 17.8 Å². The summed E-state index contributed by atoms with van der Waals surface area (Å²) >= 11 is 0. The molecule has 24 heavy (non-hydrogen) atoms. The minimum atomic E-state index is -0.186. The van der Waals surface area contributed by atoms with Crippen LogP contribution in [0.2, 0.25) is 0 Å². The molecule has 7 nitrogen and oxygen atoms in total. The standard InChI is InChI=1S/C17H33N3O4/c1-2-24-17(23)11-5-8-14-20-16(22)10-4-7-13-19-15(21)9-3-6-12-18/h2-14,18H2,1H3,(H,19,21)(H,20,22). The fourth-order valence-electron chi connectivity index (χ4n) is 2.10. The first-order valence-electron chi connectivity index (χ1n) is 8.99. The Hall–Kier alpha value is -1.63. The Labute approximate surface area is 145 Å². The predicted molar refractivity (Wildman–Crippen MR) is 93.3 cm³/mol. The van der Waals surface area contributed by atoms with Gasteiger partial charge in [-0.1, -0.05) is 0 Å². The van der Waals surface area contributed by atoms with Gasteiger partial charge in [-0.15, -0.1) is 0 Å². The summed E-state index contributed by atoms with van der Waals surface area (Å²) in [5, 5.41) is 5.67. The van der Waals surface area contributed by atoms with E-state index in [4.69, 9.17) is 10.5 Å². The van der Waals surface area contributed by atoms with Crippen molar-refractivity contribution in [1.29, 1.82) is 0 Å². The van der Waals surface area contributed by atoms with Crippen LogP contribution in [-0.2, 0) is 19.1 Å². The molecule has 0 aromatic carbocycles. The average Bonchev–Trinajstić information content (AvgIpc) is 2.54. The zero-order chi connectivity index (χ0) is 18.0. The molecule has 2 amide bonds. The third-order valence-corrected chi connectivity index (χ3v) is 3.45. The molecule has 0 saturated carbocycles. The number of amides is 2. The molecule has 0 aliphatic rings. The number of esters is 1. The highest BCUT2D eigenvalue weighted by Crippen LogP contribution is 1.99. The van der Waals surface area contributed by atoms with Crippen molar-refractivity contribution in [2.24, 2.45) is 5.73 Å². The summed E-state index contributed by atoms with van der Waals surface area (Å²) in [4.78, 5) is 34.2. The third-order valence-electron chi connectivity index (χ3n) is 3.45. The van der Waals surface area contributed by atoms with Crippen molar-refractivity contribution in [1.82, 2.24) is 10.6 Å². The van der Waals surface area contributed by atoms with Crippen LogP contribution in [0.4, 0.5) is 0 Å². The Morgan fingerprint density at radius 3 is 1.79 bits per heavy atom. The van der Waals surface area contributed by atoms with Crippen LogP contribution < -0.4 is 16.4 Å². The van der Waals surface area contributed by atoms with Crippen molar-refractivity contribution in [3.05, 3.63) is 0 Å². The van der Waals surface area contributed by atoms with Crippen LogP contribution in [0.5, 0.6) is 0 Å². The molecule has 0 aliphatic carbocycles. The zero-order valence-corrected chi connectivity index (χ0v) is 14.9. The zero-order valence-electron chi connectivity index (χ0n) is 14.9. The van der Waals surface area contributed by atoms with Gasteiger partial charge in [0.2, 0.25) is 11.8 Å². The van der Waals surface area contributed by atoms with Gasteiger partial charge in [-0.05, 0) is 52.0 Å². The summed E-state index contributed by atoms with van der Waals surface area (Å²) in [5.74, 6) is -0.121. The van der Waals surface area contributed by atoms with Crippen LogP contribution >= 0.6 is 0 Å². The number of carbonyl (C=O) groups excluding carboxylic acids is 3. The van der Waals surface area contributed by atoms with Crippen molar-refractivity contribution in [3.63, 3.8) is 0 Å². The van der Waals surface area contributed by atoms with Gasteiger partial charge >= 0.3 is 5.97 Å². The first-order chi connectivity index (χ1) is 11.6. The molecule has 0 fully saturated rings. The van der Waals surface area contributed by atoms with Crippen molar-refractivity contribution in [3.8, 4) is 0 Å². The Bertz CT molecular complexity index is 362. The fourth-order valence-corrected chi connectivity index (χ4v) is 2.10. The van der Waals surface area contributed by atoms with Gasteiger partial charge in [0.05, 0.1) is 6.61 Å². The highest BCUT2D eigenvalue weighted by molar-refractivity contribution is 5.76. The highest BCUT2D eigenvalue weighted by Gasteiger charge is 2.04. The summed E-state index contributed by atoms with van der Waals surface area (Å²) in [6.45, 7) is 3.99. The van der Waals surface area contributed by atoms with E-state index in [1.165, 1.54) is 0 Å². The summed E-state index contributed by atoms with van der Waals surface area (Å²) in [5.41, 5.74) is 5.37. The van der Waals surface area contributed by atoms with Gasteiger partial charge in [0.25, 0.3) is 0 Å². The van der Waals surface area contributed by atoms with Crippen molar-refractivity contribution in [2.45, 2.75) is 64.7 Å². The Morgan fingerprint density at radius 1 is 0.792 bits per heavy atom. The summed E-state index contributed by atoms with van der Waals surface area (Å²) in [6.07, 6.45) is 6.09.